The van der Waals surface area contributed by atoms with E-state index in [-0.39, 0.29) is 23.6 Å². The summed E-state index contributed by atoms with van der Waals surface area (Å²) in [5.41, 5.74) is -0.0197. The van der Waals surface area contributed by atoms with Gasteiger partial charge in [-0.2, -0.15) is 0 Å². The predicted octanol–water partition coefficient (Wildman–Crippen LogP) is 1.80. The second-order valence-electron chi connectivity index (χ2n) is 5.70. The summed E-state index contributed by atoms with van der Waals surface area (Å²) in [6, 6.07) is 3.21. The third kappa shape index (κ3) is 2.96. The molecule has 0 spiro atoms. The fourth-order valence-corrected chi connectivity index (χ4v) is 2.78. The second kappa shape index (κ2) is 5.67. The Hall–Kier alpha value is -2.18. The van der Waals surface area contributed by atoms with Crippen molar-refractivity contribution in [2.75, 3.05) is 18.4 Å². The number of amides is 1. The van der Waals surface area contributed by atoms with Gasteiger partial charge in [0.1, 0.15) is 12.0 Å². The SMILES string of the molecule is O=C(C1CCC1)N1CCC(Nc2ccc([N+](=O)[O-])cn2)C1. The maximum atomic E-state index is 12.2. The molecule has 1 unspecified atom stereocenters. The first-order valence-electron chi connectivity index (χ1n) is 7.29. The van der Waals surface area contributed by atoms with Crippen LogP contribution in [0.2, 0.25) is 0 Å². The Kier molecular flexibility index (Phi) is 3.72. The molecule has 1 aromatic rings. The van der Waals surface area contributed by atoms with Crippen LogP contribution in [-0.2, 0) is 4.79 Å². The van der Waals surface area contributed by atoms with Crippen molar-refractivity contribution in [1.29, 1.82) is 0 Å². The van der Waals surface area contributed by atoms with Crippen molar-refractivity contribution in [3.8, 4) is 0 Å². The van der Waals surface area contributed by atoms with Gasteiger partial charge in [-0.05, 0) is 25.3 Å². The maximum Gasteiger partial charge on any atom is 0.287 e. The molecule has 21 heavy (non-hydrogen) atoms. The van der Waals surface area contributed by atoms with E-state index in [9.17, 15) is 14.9 Å². The molecule has 1 aliphatic carbocycles. The number of carbonyl (C=O) groups is 1. The fourth-order valence-electron chi connectivity index (χ4n) is 2.78. The van der Waals surface area contributed by atoms with E-state index in [1.807, 2.05) is 4.90 Å². The second-order valence-corrected chi connectivity index (χ2v) is 5.70. The van der Waals surface area contributed by atoms with Gasteiger partial charge in [-0.25, -0.2) is 4.98 Å². The van der Waals surface area contributed by atoms with Gasteiger partial charge in [-0.1, -0.05) is 6.42 Å². The highest BCUT2D eigenvalue weighted by Crippen LogP contribution is 2.29. The molecule has 1 aromatic heterocycles. The van der Waals surface area contributed by atoms with Crippen molar-refractivity contribution < 1.29 is 9.72 Å². The van der Waals surface area contributed by atoms with Crippen LogP contribution in [0.1, 0.15) is 25.7 Å². The van der Waals surface area contributed by atoms with Crippen LogP contribution in [0, 0.1) is 16.0 Å². The van der Waals surface area contributed by atoms with Crippen LogP contribution in [0.5, 0.6) is 0 Å². The molecule has 7 heteroatoms. The molecule has 2 fully saturated rings. The van der Waals surface area contributed by atoms with Gasteiger partial charge in [0.2, 0.25) is 5.91 Å². The molecule has 1 atom stereocenters. The normalized spacial score (nSPS) is 21.9. The van der Waals surface area contributed by atoms with Crippen molar-refractivity contribution in [3.63, 3.8) is 0 Å². The Bertz CT molecular complexity index is 542. The van der Waals surface area contributed by atoms with Crippen LogP contribution < -0.4 is 5.32 Å². The number of pyridine rings is 1. The van der Waals surface area contributed by atoms with Gasteiger partial charge in [-0.3, -0.25) is 14.9 Å². The largest absolute Gasteiger partial charge is 0.365 e. The van der Waals surface area contributed by atoms with E-state index in [1.54, 1.807) is 6.07 Å². The van der Waals surface area contributed by atoms with Gasteiger partial charge in [0.25, 0.3) is 5.69 Å². The number of anilines is 1. The lowest BCUT2D eigenvalue weighted by Crippen LogP contribution is -2.38. The summed E-state index contributed by atoms with van der Waals surface area (Å²) in [4.78, 5) is 28.2. The number of hydrogen-bond donors (Lipinski definition) is 1. The Morgan fingerprint density at radius 3 is 2.76 bits per heavy atom. The Morgan fingerprint density at radius 1 is 1.38 bits per heavy atom. The number of hydrogen-bond acceptors (Lipinski definition) is 5. The van der Waals surface area contributed by atoms with Crippen LogP contribution in [0.15, 0.2) is 18.3 Å². The molecule has 1 saturated heterocycles. The van der Waals surface area contributed by atoms with Crippen molar-refractivity contribution in [1.82, 2.24) is 9.88 Å². The zero-order valence-electron chi connectivity index (χ0n) is 11.7. The first-order chi connectivity index (χ1) is 10.1. The lowest BCUT2D eigenvalue weighted by atomic mass is 9.84. The molecule has 0 bridgehead atoms. The highest BCUT2D eigenvalue weighted by molar-refractivity contribution is 5.80. The fraction of sp³-hybridized carbons (Fsp3) is 0.571. The summed E-state index contributed by atoms with van der Waals surface area (Å²) in [6.07, 6.45) is 5.35. The maximum absolute atomic E-state index is 12.2. The van der Waals surface area contributed by atoms with Crippen molar-refractivity contribution >= 4 is 17.4 Å². The molecular weight excluding hydrogens is 272 g/mol. The monoisotopic (exact) mass is 290 g/mol. The molecule has 0 aromatic carbocycles. The number of nitro groups is 1. The summed E-state index contributed by atoms with van der Waals surface area (Å²) in [6.45, 7) is 1.47. The van der Waals surface area contributed by atoms with E-state index in [0.717, 1.165) is 25.8 Å². The minimum Gasteiger partial charge on any atom is -0.365 e. The van der Waals surface area contributed by atoms with E-state index in [1.165, 1.54) is 18.7 Å². The minimum atomic E-state index is -0.467. The zero-order valence-corrected chi connectivity index (χ0v) is 11.7. The summed E-state index contributed by atoms with van der Waals surface area (Å²) in [5.74, 6) is 1.13. The average Bonchev–Trinajstić information content (AvgIpc) is 2.86. The van der Waals surface area contributed by atoms with Crippen molar-refractivity contribution in [3.05, 3.63) is 28.4 Å². The molecule has 3 rings (SSSR count). The summed E-state index contributed by atoms with van der Waals surface area (Å²) >= 11 is 0. The standard InChI is InChI=1S/C14H18N4O3/c19-14(10-2-1-3-10)17-7-6-11(9-17)16-13-5-4-12(8-15-13)18(20)21/h4-5,8,10-11H,1-3,6-7,9H2,(H,15,16). The van der Waals surface area contributed by atoms with Gasteiger partial charge in [0, 0.05) is 31.1 Å². The highest BCUT2D eigenvalue weighted by Gasteiger charge is 2.33. The number of carbonyl (C=O) groups excluding carboxylic acids is 1. The van der Waals surface area contributed by atoms with Crippen LogP contribution in [-0.4, -0.2) is 39.8 Å². The smallest absolute Gasteiger partial charge is 0.287 e. The van der Waals surface area contributed by atoms with E-state index in [4.69, 9.17) is 0 Å². The van der Waals surface area contributed by atoms with E-state index < -0.39 is 4.92 Å². The number of likely N-dealkylation sites (tertiary alicyclic amines) is 1. The van der Waals surface area contributed by atoms with Gasteiger partial charge in [0.15, 0.2) is 0 Å². The summed E-state index contributed by atoms with van der Waals surface area (Å²) in [7, 11) is 0. The molecule has 1 amide bonds. The van der Waals surface area contributed by atoms with Gasteiger partial charge in [0.05, 0.1) is 4.92 Å². The number of rotatable bonds is 4. The summed E-state index contributed by atoms with van der Waals surface area (Å²) < 4.78 is 0. The van der Waals surface area contributed by atoms with Crippen LogP contribution in [0.25, 0.3) is 0 Å². The molecule has 1 saturated carbocycles. The van der Waals surface area contributed by atoms with Crippen molar-refractivity contribution in [2.24, 2.45) is 5.92 Å². The third-order valence-electron chi connectivity index (χ3n) is 4.27. The van der Waals surface area contributed by atoms with Crippen LogP contribution in [0.3, 0.4) is 0 Å². The summed E-state index contributed by atoms with van der Waals surface area (Å²) in [5, 5.41) is 13.8. The number of nitrogens with zero attached hydrogens (tertiary/aromatic N) is 3. The van der Waals surface area contributed by atoms with E-state index in [0.29, 0.717) is 12.4 Å². The van der Waals surface area contributed by atoms with Gasteiger partial charge in [-0.15, -0.1) is 0 Å². The molecule has 112 valence electrons. The number of aromatic nitrogens is 1. The first-order valence-corrected chi connectivity index (χ1v) is 7.29. The quantitative estimate of drug-likeness (QED) is 0.674. The Balaban J connectivity index is 1.54. The molecule has 7 nitrogen and oxygen atoms in total. The van der Waals surface area contributed by atoms with Gasteiger partial charge >= 0.3 is 0 Å². The Labute approximate surface area is 122 Å². The zero-order chi connectivity index (χ0) is 14.8. The first kappa shape index (κ1) is 13.8. The topological polar surface area (TPSA) is 88.4 Å². The molecule has 0 radical (unpaired) electrons. The van der Waals surface area contributed by atoms with Crippen LogP contribution in [0.4, 0.5) is 11.5 Å². The molecule has 1 N–H and O–H groups in total. The third-order valence-corrected chi connectivity index (χ3v) is 4.27. The average molecular weight is 290 g/mol. The van der Waals surface area contributed by atoms with E-state index in [2.05, 4.69) is 10.3 Å². The molecule has 2 aliphatic rings. The number of nitrogens with one attached hydrogen (secondary N) is 1. The highest BCUT2D eigenvalue weighted by atomic mass is 16.6. The van der Waals surface area contributed by atoms with Gasteiger partial charge < -0.3 is 10.2 Å². The lowest BCUT2D eigenvalue weighted by molar-refractivity contribution is -0.385. The van der Waals surface area contributed by atoms with E-state index >= 15 is 0 Å². The molecular formula is C14H18N4O3. The predicted molar refractivity (Wildman–Crippen MR) is 76.8 cm³/mol. The van der Waals surface area contributed by atoms with Crippen LogP contribution >= 0.6 is 0 Å². The van der Waals surface area contributed by atoms with Crippen molar-refractivity contribution in [2.45, 2.75) is 31.7 Å². The molecule has 1 aliphatic heterocycles. The molecule has 2 heterocycles. The minimum absolute atomic E-state index is 0.0197. The lowest BCUT2D eigenvalue weighted by Gasteiger charge is -2.29. The Morgan fingerprint density at radius 2 is 2.19 bits per heavy atom.